The Bertz CT molecular complexity index is 488. The smallest absolute Gasteiger partial charge is 0.123 e. The number of halogens is 1. The van der Waals surface area contributed by atoms with Gasteiger partial charge in [0.15, 0.2) is 0 Å². The van der Waals surface area contributed by atoms with E-state index in [0.717, 1.165) is 34.5 Å². The molecule has 0 aromatic heterocycles. The average molecular weight is 245 g/mol. The van der Waals surface area contributed by atoms with E-state index in [9.17, 15) is 4.39 Å². The van der Waals surface area contributed by atoms with Gasteiger partial charge in [0.2, 0.25) is 0 Å². The minimum atomic E-state index is -0.209. The zero-order valence-electron chi connectivity index (χ0n) is 11.5. The van der Waals surface area contributed by atoms with Crippen molar-refractivity contribution in [2.45, 2.75) is 34.1 Å². The van der Waals surface area contributed by atoms with Gasteiger partial charge in [-0.2, -0.15) is 0 Å². The number of rotatable bonds is 4. The van der Waals surface area contributed by atoms with Crippen molar-refractivity contribution in [3.05, 3.63) is 59.1 Å². The fourth-order valence-electron chi connectivity index (χ4n) is 1.80. The van der Waals surface area contributed by atoms with Crippen LogP contribution in [-0.4, -0.2) is 5.71 Å². The van der Waals surface area contributed by atoms with Gasteiger partial charge >= 0.3 is 0 Å². The lowest BCUT2D eigenvalue weighted by molar-refractivity contribution is 0.627. The van der Waals surface area contributed by atoms with Gasteiger partial charge in [0, 0.05) is 11.4 Å². The second kappa shape index (κ2) is 6.29. The maximum Gasteiger partial charge on any atom is 0.123 e. The van der Waals surface area contributed by atoms with Crippen molar-refractivity contribution in [3.8, 4) is 0 Å². The summed E-state index contributed by atoms with van der Waals surface area (Å²) in [6, 6.07) is 6.56. The molecule has 0 aliphatic heterocycles. The molecular weight excluding hydrogens is 225 g/mol. The first-order valence-corrected chi connectivity index (χ1v) is 6.02. The highest BCUT2D eigenvalue weighted by molar-refractivity contribution is 5.80. The largest absolute Gasteiger partial charge is 0.263 e. The number of nitrogens with zero attached hydrogens (tertiary/aromatic N) is 1. The number of benzene rings is 1. The van der Waals surface area contributed by atoms with E-state index in [2.05, 4.69) is 11.6 Å². The van der Waals surface area contributed by atoms with Crippen molar-refractivity contribution in [3.63, 3.8) is 0 Å². The minimum Gasteiger partial charge on any atom is -0.263 e. The van der Waals surface area contributed by atoms with Crippen LogP contribution in [-0.2, 0) is 6.42 Å². The van der Waals surface area contributed by atoms with Gasteiger partial charge in [-0.15, -0.1) is 0 Å². The van der Waals surface area contributed by atoms with E-state index >= 15 is 0 Å². The normalized spacial score (nSPS) is 11.8. The van der Waals surface area contributed by atoms with Crippen molar-refractivity contribution in [2.75, 3.05) is 0 Å². The summed E-state index contributed by atoms with van der Waals surface area (Å²) in [6.45, 7) is 11.9. The van der Waals surface area contributed by atoms with Crippen LogP contribution in [0.25, 0.3) is 0 Å². The molecule has 1 rings (SSSR count). The van der Waals surface area contributed by atoms with E-state index in [0.29, 0.717) is 0 Å². The topological polar surface area (TPSA) is 12.4 Å². The number of aliphatic imine (C=N–C) groups is 1. The molecule has 0 aliphatic carbocycles. The zero-order valence-corrected chi connectivity index (χ0v) is 11.5. The van der Waals surface area contributed by atoms with Gasteiger partial charge in [-0.1, -0.05) is 24.3 Å². The highest BCUT2D eigenvalue weighted by atomic mass is 19.1. The first-order chi connectivity index (χ1) is 8.40. The Hall–Kier alpha value is -1.70. The minimum absolute atomic E-state index is 0.209. The molecular formula is C16H20FN. The van der Waals surface area contributed by atoms with Crippen LogP contribution in [0.2, 0.25) is 0 Å². The van der Waals surface area contributed by atoms with E-state index in [1.54, 1.807) is 12.1 Å². The maximum absolute atomic E-state index is 12.9. The van der Waals surface area contributed by atoms with Crippen LogP contribution >= 0.6 is 0 Å². The molecule has 96 valence electrons. The van der Waals surface area contributed by atoms with Gasteiger partial charge in [-0.05, 0) is 57.4 Å². The number of allylic oxidation sites excluding steroid dienone is 3. The van der Waals surface area contributed by atoms with E-state index in [4.69, 9.17) is 0 Å². The maximum atomic E-state index is 12.9. The SMILES string of the molecule is C=C(C)/C(Cc1ccc(F)cc1)=C(/C)N=C(C)C. The fraction of sp³-hybridized carbons (Fsp3) is 0.312. The Labute approximate surface area is 109 Å². The Morgan fingerprint density at radius 2 is 1.67 bits per heavy atom. The van der Waals surface area contributed by atoms with Crippen molar-refractivity contribution < 1.29 is 4.39 Å². The van der Waals surface area contributed by atoms with Crippen molar-refractivity contribution in [1.82, 2.24) is 0 Å². The first kappa shape index (κ1) is 14.4. The van der Waals surface area contributed by atoms with Crippen LogP contribution in [0, 0.1) is 5.82 Å². The summed E-state index contributed by atoms with van der Waals surface area (Å²) in [5.41, 5.74) is 5.18. The Kier molecular flexibility index (Phi) is 5.02. The monoisotopic (exact) mass is 245 g/mol. The van der Waals surface area contributed by atoms with Crippen molar-refractivity contribution >= 4 is 5.71 Å². The molecule has 0 spiro atoms. The van der Waals surface area contributed by atoms with Gasteiger partial charge in [0.25, 0.3) is 0 Å². The van der Waals surface area contributed by atoms with Gasteiger partial charge in [0.1, 0.15) is 5.82 Å². The molecule has 0 N–H and O–H groups in total. The van der Waals surface area contributed by atoms with Crippen LogP contribution in [0.4, 0.5) is 4.39 Å². The molecule has 0 aliphatic rings. The van der Waals surface area contributed by atoms with Gasteiger partial charge in [0.05, 0.1) is 0 Å². The average Bonchev–Trinajstić information content (AvgIpc) is 2.26. The van der Waals surface area contributed by atoms with E-state index in [1.165, 1.54) is 12.1 Å². The van der Waals surface area contributed by atoms with Gasteiger partial charge in [-0.3, -0.25) is 4.99 Å². The lowest BCUT2D eigenvalue weighted by Crippen LogP contribution is -1.96. The lowest BCUT2D eigenvalue weighted by Gasteiger charge is -2.10. The third-order valence-electron chi connectivity index (χ3n) is 2.64. The quantitative estimate of drug-likeness (QED) is 0.538. The third kappa shape index (κ3) is 4.28. The van der Waals surface area contributed by atoms with Crippen LogP contribution in [0.5, 0.6) is 0 Å². The molecule has 0 atom stereocenters. The summed E-state index contributed by atoms with van der Waals surface area (Å²) in [6.07, 6.45) is 0.734. The Balaban J connectivity index is 3.05. The predicted molar refractivity (Wildman–Crippen MR) is 76.4 cm³/mol. The molecule has 1 aromatic rings. The molecule has 1 nitrogen and oxygen atoms in total. The Morgan fingerprint density at radius 3 is 2.11 bits per heavy atom. The lowest BCUT2D eigenvalue weighted by atomic mass is 9.98. The molecule has 18 heavy (non-hydrogen) atoms. The van der Waals surface area contributed by atoms with Crippen LogP contribution in [0.15, 0.2) is 52.7 Å². The molecule has 0 saturated heterocycles. The molecule has 0 unspecified atom stereocenters. The summed E-state index contributed by atoms with van der Waals surface area (Å²) in [7, 11) is 0. The molecule has 0 bridgehead atoms. The summed E-state index contributed by atoms with van der Waals surface area (Å²) in [5.74, 6) is -0.209. The molecule has 1 aromatic carbocycles. The molecule has 0 heterocycles. The summed E-state index contributed by atoms with van der Waals surface area (Å²) < 4.78 is 12.9. The predicted octanol–water partition coefficient (Wildman–Crippen LogP) is 4.70. The van der Waals surface area contributed by atoms with Gasteiger partial charge in [-0.25, -0.2) is 4.39 Å². The summed E-state index contributed by atoms with van der Waals surface area (Å²) in [5, 5.41) is 0. The highest BCUT2D eigenvalue weighted by Gasteiger charge is 2.05. The van der Waals surface area contributed by atoms with Crippen LogP contribution in [0.3, 0.4) is 0 Å². The molecule has 0 fully saturated rings. The fourth-order valence-corrected chi connectivity index (χ4v) is 1.80. The van der Waals surface area contributed by atoms with Crippen molar-refractivity contribution in [2.24, 2.45) is 4.99 Å². The van der Waals surface area contributed by atoms with E-state index in [1.807, 2.05) is 27.7 Å². The van der Waals surface area contributed by atoms with E-state index < -0.39 is 0 Å². The summed E-state index contributed by atoms with van der Waals surface area (Å²) in [4.78, 5) is 4.47. The number of hydrogen-bond acceptors (Lipinski definition) is 1. The molecule has 0 saturated carbocycles. The zero-order chi connectivity index (χ0) is 13.7. The standard InChI is InChI=1S/C16H20FN/c1-11(2)16(13(5)18-12(3)4)10-14-6-8-15(17)9-7-14/h6-9H,1,10H2,2-5H3/b16-13-. The van der Waals surface area contributed by atoms with E-state index in [-0.39, 0.29) is 5.82 Å². The highest BCUT2D eigenvalue weighted by Crippen LogP contribution is 2.20. The third-order valence-corrected chi connectivity index (χ3v) is 2.64. The second-order valence-electron chi connectivity index (χ2n) is 4.71. The second-order valence-corrected chi connectivity index (χ2v) is 4.71. The molecule has 0 radical (unpaired) electrons. The molecule has 0 amide bonds. The van der Waals surface area contributed by atoms with Gasteiger partial charge < -0.3 is 0 Å². The number of hydrogen-bond donors (Lipinski definition) is 0. The Morgan fingerprint density at radius 1 is 1.11 bits per heavy atom. The molecule has 2 heteroatoms. The first-order valence-electron chi connectivity index (χ1n) is 6.02. The van der Waals surface area contributed by atoms with Crippen LogP contribution < -0.4 is 0 Å². The van der Waals surface area contributed by atoms with Crippen LogP contribution in [0.1, 0.15) is 33.3 Å². The van der Waals surface area contributed by atoms with Crippen molar-refractivity contribution in [1.29, 1.82) is 0 Å². The summed E-state index contributed by atoms with van der Waals surface area (Å²) >= 11 is 0.